The molecule has 1 N–H and O–H groups in total. The second-order valence-corrected chi connectivity index (χ2v) is 7.42. The van der Waals surface area contributed by atoms with Crippen LogP contribution in [0.3, 0.4) is 0 Å². The van der Waals surface area contributed by atoms with Crippen molar-refractivity contribution >= 4 is 11.7 Å². The van der Waals surface area contributed by atoms with Gasteiger partial charge in [0.1, 0.15) is 5.75 Å². The first kappa shape index (κ1) is 22.6. The zero-order chi connectivity index (χ0) is 22.2. The summed E-state index contributed by atoms with van der Waals surface area (Å²) >= 11 is 0. The molecule has 0 fully saturated rings. The van der Waals surface area contributed by atoms with Crippen molar-refractivity contribution in [3.63, 3.8) is 0 Å². The summed E-state index contributed by atoms with van der Waals surface area (Å²) in [7, 11) is 1.60. The molecule has 0 radical (unpaired) electrons. The molecule has 1 heterocycles. The van der Waals surface area contributed by atoms with Crippen LogP contribution in [-0.2, 0) is 20.7 Å². The Morgan fingerprint density at radius 3 is 2.45 bits per heavy atom. The number of aliphatic hydroxyl groups is 1. The zero-order valence-electron chi connectivity index (χ0n) is 18.0. The number of nitrogens with zero attached hydrogens (tertiary/aromatic N) is 1. The fourth-order valence-corrected chi connectivity index (χ4v) is 3.85. The van der Waals surface area contributed by atoms with Crippen LogP contribution in [0.15, 0.2) is 65.9 Å². The molecule has 0 aromatic heterocycles. The minimum Gasteiger partial charge on any atom is -0.503 e. The number of amides is 1. The SMILES string of the molecule is CCOc1ccc(C2C(C(=O)CCc3ccccc3)=C(O)C(=O)N2CCCOC)cc1. The van der Waals surface area contributed by atoms with Crippen LogP contribution < -0.4 is 4.74 Å². The third kappa shape index (κ3) is 5.33. The number of Topliss-reactive ketones (excluding diaryl/α,β-unsaturated/α-hetero) is 1. The van der Waals surface area contributed by atoms with Crippen molar-refractivity contribution in [3.8, 4) is 5.75 Å². The van der Waals surface area contributed by atoms with Gasteiger partial charge >= 0.3 is 0 Å². The Labute approximate surface area is 183 Å². The molecule has 1 atom stereocenters. The highest BCUT2D eigenvalue weighted by Gasteiger charge is 2.42. The molecule has 1 aliphatic heterocycles. The lowest BCUT2D eigenvalue weighted by Gasteiger charge is -2.27. The van der Waals surface area contributed by atoms with E-state index in [1.165, 1.54) is 0 Å². The van der Waals surface area contributed by atoms with Crippen LogP contribution >= 0.6 is 0 Å². The summed E-state index contributed by atoms with van der Waals surface area (Å²) in [5.74, 6) is -0.470. The molecular weight excluding hydrogens is 394 g/mol. The van der Waals surface area contributed by atoms with Crippen molar-refractivity contribution < 1.29 is 24.2 Å². The lowest BCUT2D eigenvalue weighted by molar-refractivity contribution is -0.129. The van der Waals surface area contributed by atoms with Crippen molar-refractivity contribution in [2.24, 2.45) is 0 Å². The lowest BCUT2D eigenvalue weighted by atomic mass is 9.93. The number of benzene rings is 2. The number of ether oxygens (including phenoxy) is 2. The first-order valence-corrected chi connectivity index (χ1v) is 10.6. The van der Waals surface area contributed by atoms with Crippen LogP contribution in [0.5, 0.6) is 5.75 Å². The van der Waals surface area contributed by atoms with Crippen LogP contribution in [0.25, 0.3) is 0 Å². The molecule has 6 heteroatoms. The summed E-state index contributed by atoms with van der Waals surface area (Å²) < 4.78 is 10.6. The summed E-state index contributed by atoms with van der Waals surface area (Å²) in [4.78, 5) is 27.6. The monoisotopic (exact) mass is 423 g/mol. The molecule has 3 rings (SSSR count). The van der Waals surface area contributed by atoms with Gasteiger partial charge in [0.25, 0.3) is 5.91 Å². The van der Waals surface area contributed by atoms with Gasteiger partial charge in [-0.05, 0) is 43.0 Å². The average Bonchev–Trinajstić information content (AvgIpc) is 3.04. The van der Waals surface area contributed by atoms with E-state index < -0.39 is 17.7 Å². The van der Waals surface area contributed by atoms with Gasteiger partial charge in [0.15, 0.2) is 11.5 Å². The number of rotatable bonds is 11. The van der Waals surface area contributed by atoms with E-state index in [1.807, 2.05) is 61.5 Å². The standard InChI is InChI=1S/C25H29NO5/c1-3-31-20-13-11-19(12-14-20)23-22(21(27)15-10-18-8-5-4-6-9-18)24(28)25(29)26(23)16-7-17-30-2/h4-6,8-9,11-14,23,28H,3,7,10,15-17H2,1-2H3. The van der Waals surface area contributed by atoms with Gasteiger partial charge in [-0.2, -0.15) is 0 Å². The van der Waals surface area contributed by atoms with Gasteiger partial charge in [-0.25, -0.2) is 0 Å². The van der Waals surface area contributed by atoms with Crippen LogP contribution in [0.1, 0.15) is 36.9 Å². The summed E-state index contributed by atoms with van der Waals surface area (Å²) in [6, 6.07) is 16.4. The quantitative estimate of drug-likeness (QED) is 0.553. The van der Waals surface area contributed by atoms with Crippen molar-refractivity contribution in [1.29, 1.82) is 0 Å². The number of methoxy groups -OCH3 is 1. The van der Waals surface area contributed by atoms with Crippen LogP contribution in [0.4, 0.5) is 0 Å². The highest BCUT2D eigenvalue weighted by Crippen LogP contribution is 2.39. The first-order valence-electron chi connectivity index (χ1n) is 10.6. The first-order chi connectivity index (χ1) is 15.1. The second-order valence-electron chi connectivity index (χ2n) is 7.42. The smallest absolute Gasteiger partial charge is 0.290 e. The fraction of sp³-hybridized carbons (Fsp3) is 0.360. The van der Waals surface area contributed by atoms with Crippen LogP contribution in [-0.4, -0.2) is 48.6 Å². The van der Waals surface area contributed by atoms with Gasteiger partial charge < -0.3 is 19.5 Å². The maximum Gasteiger partial charge on any atom is 0.290 e. The normalized spacial score (nSPS) is 16.1. The Morgan fingerprint density at radius 1 is 1.10 bits per heavy atom. The number of carbonyl (C=O) groups excluding carboxylic acids is 2. The van der Waals surface area contributed by atoms with Crippen molar-refractivity contribution in [2.45, 2.75) is 32.2 Å². The molecule has 31 heavy (non-hydrogen) atoms. The molecule has 2 aromatic rings. The molecule has 164 valence electrons. The Bertz CT molecular complexity index is 921. The Kier molecular flexibility index (Phi) is 7.84. The van der Waals surface area contributed by atoms with Crippen molar-refractivity contribution in [2.75, 3.05) is 26.9 Å². The van der Waals surface area contributed by atoms with E-state index in [1.54, 1.807) is 12.0 Å². The van der Waals surface area contributed by atoms with Crippen molar-refractivity contribution in [1.82, 2.24) is 4.90 Å². The van der Waals surface area contributed by atoms with Crippen molar-refractivity contribution in [3.05, 3.63) is 77.1 Å². The highest BCUT2D eigenvalue weighted by molar-refractivity contribution is 6.09. The summed E-state index contributed by atoms with van der Waals surface area (Å²) in [5, 5.41) is 10.6. The predicted molar refractivity (Wildman–Crippen MR) is 118 cm³/mol. The van der Waals surface area contributed by atoms with Crippen LogP contribution in [0.2, 0.25) is 0 Å². The van der Waals surface area contributed by atoms with Gasteiger partial charge in [0, 0.05) is 26.7 Å². The topological polar surface area (TPSA) is 76.1 Å². The third-order valence-electron chi connectivity index (χ3n) is 5.34. The van der Waals surface area contributed by atoms with E-state index in [9.17, 15) is 14.7 Å². The molecule has 6 nitrogen and oxygen atoms in total. The number of hydrogen-bond acceptors (Lipinski definition) is 5. The maximum absolute atomic E-state index is 13.2. The number of hydrogen-bond donors (Lipinski definition) is 1. The molecule has 1 aliphatic rings. The van der Waals surface area contributed by atoms with Gasteiger partial charge in [-0.15, -0.1) is 0 Å². The minimum absolute atomic E-state index is 0.169. The third-order valence-corrected chi connectivity index (χ3v) is 5.34. The van der Waals surface area contributed by atoms with E-state index in [-0.39, 0.29) is 17.8 Å². The number of ketones is 1. The van der Waals surface area contributed by atoms with Gasteiger partial charge in [-0.3, -0.25) is 9.59 Å². The Morgan fingerprint density at radius 2 is 1.81 bits per heavy atom. The summed E-state index contributed by atoms with van der Waals surface area (Å²) in [5.41, 5.74) is 1.97. The average molecular weight is 424 g/mol. The largest absolute Gasteiger partial charge is 0.503 e. The summed E-state index contributed by atoms with van der Waals surface area (Å²) in [6.07, 6.45) is 1.37. The van der Waals surface area contributed by atoms with Crippen LogP contribution in [0, 0.1) is 0 Å². The second kappa shape index (κ2) is 10.8. The minimum atomic E-state index is -0.622. The Hall–Kier alpha value is -3.12. The molecule has 1 amide bonds. The Balaban J connectivity index is 1.87. The molecule has 0 saturated heterocycles. The zero-order valence-corrected chi connectivity index (χ0v) is 18.0. The molecular formula is C25H29NO5. The van der Waals surface area contributed by atoms with E-state index in [0.29, 0.717) is 38.3 Å². The predicted octanol–water partition coefficient (Wildman–Crippen LogP) is 4.02. The van der Waals surface area contributed by atoms with Gasteiger partial charge in [0.05, 0.1) is 18.2 Å². The molecule has 0 saturated carbocycles. The number of aryl methyl sites for hydroxylation is 1. The molecule has 0 aliphatic carbocycles. The van der Waals surface area contributed by atoms with Gasteiger partial charge in [0.2, 0.25) is 0 Å². The van der Waals surface area contributed by atoms with E-state index in [0.717, 1.165) is 11.1 Å². The molecule has 2 aromatic carbocycles. The number of aliphatic hydroxyl groups excluding tert-OH is 1. The maximum atomic E-state index is 13.2. The molecule has 0 spiro atoms. The van der Waals surface area contributed by atoms with Gasteiger partial charge in [-0.1, -0.05) is 42.5 Å². The lowest BCUT2D eigenvalue weighted by Crippen LogP contribution is -2.32. The molecule has 0 bridgehead atoms. The van der Waals surface area contributed by atoms with E-state index >= 15 is 0 Å². The van der Waals surface area contributed by atoms with E-state index in [4.69, 9.17) is 9.47 Å². The fourth-order valence-electron chi connectivity index (χ4n) is 3.85. The molecule has 1 unspecified atom stereocenters. The van der Waals surface area contributed by atoms with E-state index in [2.05, 4.69) is 0 Å². The highest BCUT2D eigenvalue weighted by atomic mass is 16.5. The summed E-state index contributed by atoms with van der Waals surface area (Å²) in [6.45, 7) is 3.32. The number of carbonyl (C=O) groups is 2.